The average Bonchev–Trinajstić information content (AvgIpc) is 3.06. The third-order valence-electron chi connectivity index (χ3n) is 3.45. The van der Waals surface area contributed by atoms with Crippen LogP contribution in [-0.2, 0) is 13.0 Å². The predicted octanol–water partition coefficient (Wildman–Crippen LogP) is 2.60. The third-order valence-corrected chi connectivity index (χ3v) is 4.11. The molecule has 90 valence electrons. The van der Waals surface area contributed by atoms with Gasteiger partial charge in [0, 0.05) is 12.6 Å². The van der Waals surface area contributed by atoms with Crippen LogP contribution in [0, 0.1) is 5.92 Å². The summed E-state index contributed by atoms with van der Waals surface area (Å²) < 4.78 is 3.24. The van der Waals surface area contributed by atoms with Crippen LogP contribution in [0.2, 0.25) is 0 Å². The Balaban J connectivity index is 1.94. The lowest BCUT2D eigenvalue weighted by Gasteiger charge is -2.15. The number of nitrogens with one attached hydrogen (secondary N) is 1. The minimum absolute atomic E-state index is 0.687. The fourth-order valence-corrected chi connectivity index (χ4v) is 2.81. The van der Waals surface area contributed by atoms with Crippen LogP contribution in [0.5, 0.6) is 0 Å². The molecule has 4 heteroatoms. The van der Waals surface area contributed by atoms with E-state index in [-0.39, 0.29) is 0 Å². The average molecular weight is 286 g/mol. The van der Waals surface area contributed by atoms with Crippen molar-refractivity contribution in [2.45, 2.75) is 45.2 Å². The fraction of sp³-hybridized carbons (Fsp3) is 0.750. The summed E-state index contributed by atoms with van der Waals surface area (Å²) in [6.45, 7) is 3.09. The number of nitrogens with zero attached hydrogens (tertiary/aromatic N) is 2. The van der Waals surface area contributed by atoms with Gasteiger partial charge in [0.15, 0.2) is 0 Å². The largest absolute Gasteiger partial charge is 0.317 e. The molecule has 0 amide bonds. The van der Waals surface area contributed by atoms with E-state index in [1.807, 2.05) is 6.20 Å². The highest BCUT2D eigenvalue weighted by Gasteiger charge is 2.29. The molecule has 1 atom stereocenters. The third kappa shape index (κ3) is 2.66. The first kappa shape index (κ1) is 12.1. The molecule has 1 aliphatic rings. The molecule has 1 saturated carbocycles. The molecule has 1 fully saturated rings. The van der Waals surface area contributed by atoms with Gasteiger partial charge >= 0.3 is 0 Å². The predicted molar refractivity (Wildman–Crippen MR) is 69.5 cm³/mol. The second kappa shape index (κ2) is 5.32. The van der Waals surface area contributed by atoms with Gasteiger partial charge in [-0.1, -0.05) is 0 Å². The molecular formula is C12H20BrN3. The Morgan fingerprint density at radius 2 is 2.38 bits per heavy atom. The molecule has 1 heterocycles. The number of halogens is 1. The lowest BCUT2D eigenvalue weighted by molar-refractivity contribution is 0.460. The topological polar surface area (TPSA) is 29.9 Å². The zero-order valence-electron chi connectivity index (χ0n) is 10.0. The number of hydrogen-bond donors (Lipinski definition) is 1. The van der Waals surface area contributed by atoms with Gasteiger partial charge in [0.25, 0.3) is 0 Å². The van der Waals surface area contributed by atoms with Gasteiger partial charge in [-0.05, 0) is 61.5 Å². The molecule has 2 rings (SSSR count). The first-order valence-corrected chi connectivity index (χ1v) is 6.93. The normalized spacial score (nSPS) is 17.7. The van der Waals surface area contributed by atoms with Crippen molar-refractivity contribution in [3.8, 4) is 0 Å². The van der Waals surface area contributed by atoms with Crippen LogP contribution in [0.4, 0.5) is 0 Å². The summed E-state index contributed by atoms with van der Waals surface area (Å²) in [7, 11) is 2.08. The standard InChI is InChI=1S/C12H20BrN3/c1-3-16-12(10(13)8-15-16)7-6-11(14-2)9-4-5-9/h8-9,11,14H,3-7H2,1-2H3. The Kier molecular flexibility index (Phi) is 4.03. The highest BCUT2D eigenvalue weighted by atomic mass is 79.9. The molecule has 0 aliphatic heterocycles. The van der Waals surface area contributed by atoms with E-state index in [1.165, 1.54) is 25.0 Å². The van der Waals surface area contributed by atoms with Gasteiger partial charge in [0.2, 0.25) is 0 Å². The highest BCUT2D eigenvalue weighted by Crippen LogP contribution is 2.34. The Morgan fingerprint density at radius 3 is 2.94 bits per heavy atom. The lowest BCUT2D eigenvalue weighted by atomic mass is 10.1. The van der Waals surface area contributed by atoms with Crippen molar-refractivity contribution in [3.63, 3.8) is 0 Å². The zero-order chi connectivity index (χ0) is 11.5. The van der Waals surface area contributed by atoms with Crippen LogP contribution in [0.15, 0.2) is 10.7 Å². The maximum atomic E-state index is 4.35. The SMILES string of the molecule is CCn1ncc(Br)c1CCC(NC)C1CC1. The summed E-state index contributed by atoms with van der Waals surface area (Å²) in [5, 5.41) is 7.79. The molecule has 0 bridgehead atoms. The highest BCUT2D eigenvalue weighted by molar-refractivity contribution is 9.10. The number of aryl methyl sites for hydroxylation is 1. The van der Waals surface area contributed by atoms with Gasteiger partial charge in [-0.15, -0.1) is 0 Å². The molecule has 16 heavy (non-hydrogen) atoms. The summed E-state index contributed by atoms with van der Waals surface area (Å²) in [5.41, 5.74) is 1.34. The molecule has 3 nitrogen and oxygen atoms in total. The molecule has 1 unspecified atom stereocenters. The molecule has 1 aromatic heterocycles. The van der Waals surface area contributed by atoms with Crippen LogP contribution in [0.25, 0.3) is 0 Å². The van der Waals surface area contributed by atoms with Crippen molar-refractivity contribution in [2.24, 2.45) is 5.92 Å². The van der Waals surface area contributed by atoms with Gasteiger partial charge in [0.05, 0.1) is 16.4 Å². The molecule has 1 aromatic rings. The molecule has 0 spiro atoms. The van der Waals surface area contributed by atoms with Crippen LogP contribution in [0.1, 0.15) is 31.9 Å². The van der Waals surface area contributed by atoms with E-state index in [0.717, 1.165) is 23.4 Å². The Labute approximate surface area is 106 Å². The van der Waals surface area contributed by atoms with E-state index in [0.29, 0.717) is 6.04 Å². The second-order valence-corrected chi connectivity index (χ2v) is 5.38. The molecule has 0 saturated heterocycles. The summed E-state index contributed by atoms with van der Waals surface area (Å²) in [6, 6.07) is 0.687. The van der Waals surface area contributed by atoms with Crippen molar-refractivity contribution in [3.05, 3.63) is 16.4 Å². The minimum Gasteiger partial charge on any atom is -0.317 e. The second-order valence-electron chi connectivity index (χ2n) is 4.53. The Morgan fingerprint density at radius 1 is 1.62 bits per heavy atom. The number of aromatic nitrogens is 2. The Hall–Kier alpha value is -0.350. The van der Waals surface area contributed by atoms with Crippen molar-refractivity contribution in [1.82, 2.24) is 15.1 Å². The van der Waals surface area contributed by atoms with Gasteiger partial charge in [-0.25, -0.2) is 0 Å². The van der Waals surface area contributed by atoms with Gasteiger partial charge < -0.3 is 5.32 Å². The van der Waals surface area contributed by atoms with Gasteiger partial charge in [-0.3, -0.25) is 4.68 Å². The molecule has 1 aliphatic carbocycles. The summed E-state index contributed by atoms with van der Waals surface area (Å²) in [6.07, 6.45) is 7.03. The van der Waals surface area contributed by atoms with Crippen molar-refractivity contribution < 1.29 is 0 Å². The maximum Gasteiger partial charge on any atom is 0.0635 e. The molecule has 1 N–H and O–H groups in total. The van der Waals surface area contributed by atoms with E-state index in [2.05, 4.69) is 45.0 Å². The number of hydrogen-bond acceptors (Lipinski definition) is 2. The van der Waals surface area contributed by atoms with Crippen molar-refractivity contribution in [1.29, 1.82) is 0 Å². The van der Waals surface area contributed by atoms with Gasteiger partial charge in [-0.2, -0.15) is 5.10 Å². The van der Waals surface area contributed by atoms with Crippen molar-refractivity contribution in [2.75, 3.05) is 7.05 Å². The van der Waals surface area contributed by atoms with Gasteiger partial charge in [0.1, 0.15) is 0 Å². The monoisotopic (exact) mass is 285 g/mol. The molecule has 0 aromatic carbocycles. The van der Waals surface area contributed by atoms with Crippen molar-refractivity contribution >= 4 is 15.9 Å². The number of rotatable bonds is 6. The van der Waals surface area contributed by atoms with Crippen LogP contribution >= 0.6 is 15.9 Å². The first-order valence-electron chi connectivity index (χ1n) is 6.13. The quantitative estimate of drug-likeness (QED) is 0.871. The van der Waals surface area contributed by atoms with E-state index in [9.17, 15) is 0 Å². The van der Waals surface area contributed by atoms with E-state index < -0.39 is 0 Å². The zero-order valence-corrected chi connectivity index (χ0v) is 11.6. The fourth-order valence-electron chi connectivity index (χ4n) is 2.32. The van der Waals surface area contributed by atoms with Crippen LogP contribution in [0.3, 0.4) is 0 Å². The summed E-state index contributed by atoms with van der Waals surface area (Å²) in [5.74, 6) is 0.918. The first-order chi connectivity index (χ1) is 7.76. The van der Waals surface area contributed by atoms with E-state index in [4.69, 9.17) is 0 Å². The Bertz CT molecular complexity index is 344. The lowest BCUT2D eigenvalue weighted by Crippen LogP contribution is -2.28. The smallest absolute Gasteiger partial charge is 0.0635 e. The summed E-state index contributed by atoms with van der Waals surface area (Å²) >= 11 is 3.58. The molecular weight excluding hydrogens is 266 g/mol. The summed E-state index contributed by atoms with van der Waals surface area (Å²) in [4.78, 5) is 0. The minimum atomic E-state index is 0.687. The van der Waals surface area contributed by atoms with Crippen LogP contribution in [-0.4, -0.2) is 22.9 Å². The molecule has 0 radical (unpaired) electrons. The maximum absolute atomic E-state index is 4.35. The van der Waals surface area contributed by atoms with E-state index >= 15 is 0 Å². The van der Waals surface area contributed by atoms with E-state index in [1.54, 1.807) is 0 Å². The van der Waals surface area contributed by atoms with Crippen LogP contribution < -0.4 is 5.32 Å².